The number of ether oxygens (including phenoxy) is 2. The standard InChI is InChI=1S/C15H19NO4/c1-3-16-9-12(8-14(16)17)15(18)20-10-11-5-4-6-13(7-11)19-2/h4-7,12H,3,8-10H2,1-2H3/t12-/m1/s1. The minimum atomic E-state index is -0.340. The molecule has 1 amide bonds. The summed E-state index contributed by atoms with van der Waals surface area (Å²) in [7, 11) is 1.59. The van der Waals surface area contributed by atoms with Crippen molar-refractivity contribution >= 4 is 11.9 Å². The van der Waals surface area contributed by atoms with Gasteiger partial charge in [-0.25, -0.2) is 0 Å². The van der Waals surface area contributed by atoms with Gasteiger partial charge < -0.3 is 14.4 Å². The Hall–Kier alpha value is -2.04. The number of hydrogen-bond acceptors (Lipinski definition) is 4. The maximum atomic E-state index is 11.9. The third kappa shape index (κ3) is 3.29. The van der Waals surface area contributed by atoms with Crippen molar-refractivity contribution in [2.75, 3.05) is 20.2 Å². The molecule has 5 heteroatoms. The van der Waals surface area contributed by atoms with Gasteiger partial charge in [0.05, 0.1) is 13.0 Å². The summed E-state index contributed by atoms with van der Waals surface area (Å²) in [4.78, 5) is 25.2. The van der Waals surface area contributed by atoms with Crippen LogP contribution in [0.15, 0.2) is 24.3 Å². The molecule has 1 aromatic carbocycles. The number of amides is 1. The van der Waals surface area contributed by atoms with Crippen molar-refractivity contribution in [2.45, 2.75) is 20.0 Å². The van der Waals surface area contributed by atoms with Crippen LogP contribution in [-0.4, -0.2) is 37.0 Å². The predicted octanol–water partition coefficient (Wildman–Crippen LogP) is 1.61. The first-order valence-corrected chi connectivity index (χ1v) is 6.71. The maximum absolute atomic E-state index is 11.9. The quantitative estimate of drug-likeness (QED) is 0.767. The van der Waals surface area contributed by atoms with Crippen molar-refractivity contribution in [1.29, 1.82) is 0 Å². The Morgan fingerprint density at radius 3 is 2.90 bits per heavy atom. The Morgan fingerprint density at radius 1 is 1.45 bits per heavy atom. The number of nitrogens with zero attached hydrogens (tertiary/aromatic N) is 1. The number of rotatable bonds is 5. The van der Waals surface area contributed by atoms with E-state index in [0.717, 1.165) is 11.3 Å². The molecular formula is C15H19NO4. The molecular weight excluding hydrogens is 258 g/mol. The van der Waals surface area contributed by atoms with Gasteiger partial charge in [-0.15, -0.1) is 0 Å². The summed E-state index contributed by atoms with van der Waals surface area (Å²) in [6, 6.07) is 7.37. The highest BCUT2D eigenvalue weighted by molar-refractivity contribution is 5.86. The molecule has 0 saturated carbocycles. The van der Waals surface area contributed by atoms with E-state index in [1.807, 2.05) is 31.2 Å². The number of likely N-dealkylation sites (tertiary alicyclic amines) is 1. The Bertz CT molecular complexity index is 500. The first-order chi connectivity index (χ1) is 9.63. The van der Waals surface area contributed by atoms with E-state index in [1.54, 1.807) is 12.0 Å². The molecule has 0 spiro atoms. The van der Waals surface area contributed by atoms with Crippen LogP contribution in [-0.2, 0) is 20.9 Å². The van der Waals surface area contributed by atoms with Crippen LogP contribution in [0.1, 0.15) is 18.9 Å². The topological polar surface area (TPSA) is 55.8 Å². The van der Waals surface area contributed by atoms with E-state index in [1.165, 1.54) is 0 Å². The first kappa shape index (κ1) is 14.4. The molecule has 0 aromatic heterocycles. The van der Waals surface area contributed by atoms with Gasteiger partial charge in [0.25, 0.3) is 0 Å². The molecule has 1 heterocycles. The second kappa shape index (κ2) is 6.41. The number of esters is 1. The fourth-order valence-electron chi connectivity index (χ4n) is 2.27. The molecule has 0 N–H and O–H groups in total. The summed E-state index contributed by atoms with van der Waals surface area (Å²) >= 11 is 0. The van der Waals surface area contributed by atoms with Gasteiger partial charge in [0.2, 0.25) is 5.91 Å². The summed E-state index contributed by atoms with van der Waals surface area (Å²) in [5, 5.41) is 0. The first-order valence-electron chi connectivity index (χ1n) is 6.71. The molecule has 0 aliphatic carbocycles. The van der Waals surface area contributed by atoms with Crippen molar-refractivity contribution in [2.24, 2.45) is 5.92 Å². The molecule has 1 aliphatic rings. The number of carbonyl (C=O) groups excluding carboxylic acids is 2. The third-order valence-electron chi connectivity index (χ3n) is 3.44. The van der Waals surface area contributed by atoms with Crippen LogP contribution in [0, 0.1) is 5.92 Å². The third-order valence-corrected chi connectivity index (χ3v) is 3.44. The van der Waals surface area contributed by atoms with E-state index >= 15 is 0 Å². The van der Waals surface area contributed by atoms with Gasteiger partial charge in [0.1, 0.15) is 12.4 Å². The van der Waals surface area contributed by atoms with Crippen molar-refractivity contribution in [3.8, 4) is 5.75 Å². The monoisotopic (exact) mass is 277 g/mol. The van der Waals surface area contributed by atoms with Crippen LogP contribution in [0.5, 0.6) is 5.75 Å². The van der Waals surface area contributed by atoms with Gasteiger partial charge in [-0.1, -0.05) is 12.1 Å². The van der Waals surface area contributed by atoms with Crippen molar-refractivity contribution in [3.63, 3.8) is 0 Å². The largest absolute Gasteiger partial charge is 0.497 e. The van der Waals surface area contributed by atoms with E-state index in [4.69, 9.17) is 9.47 Å². The molecule has 1 aromatic rings. The molecule has 20 heavy (non-hydrogen) atoms. The molecule has 0 radical (unpaired) electrons. The lowest BCUT2D eigenvalue weighted by Crippen LogP contribution is -2.26. The zero-order chi connectivity index (χ0) is 14.5. The van der Waals surface area contributed by atoms with Gasteiger partial charge in [0.15, 0.2) is 0 Å². The minimum Gasteiger partial charge on any atom is -0.497 e. The van der Waals surface area contributed by atoms with Crippen LogP contribution < -0.4 is 4.74 Å². The van der Waals surface area contributed by atoms with Crippen LogP contribution in [0.3, 0.4) is 0 Å². The number of hydrogen-bond donors (Lipinski definition) is 0. The normalized spacial score (nSPS) is 18.2. The molecule has 1 aliphatic heterocycles. The average Bonchev–Trinajstić information content (AvgIpc) is 2.86. The lowest BCUT2D eigenvalue weighted by molar-refractivity contribution is -0.149. The predicted molar refractivity (Wildman–Crippen MR) is 73.2 cm³/mol. The van der Waals surface area contributed by atoms with E-state index in [-0.39, 0.29) is 30.8 Å². The number of methoxy groups -OCH3 is 1. The Kier molecular flexibility index (Phi) is 4.61. The summed E-state index contributed by atoms with van der Waals surface area (Å²) in [5.74, 6) is 0.104. The highest BCUT2D eigenvalue weighted by Crippen LogP contribution is 2.20. The summed E-state index contributed by atoms with van der Waals surface area (Å²) < 4.78 is 10.4. The Morgan fingerprint density at radius 2 is 2.25 bits per heavy atom. The Labute approximate surface area is 118 Å². The number of carbonyl (C=O) groups is 2. The van der Waals surface area contributed by atoms with E-state index in [9.17, 15) is 9.59 Å². The highest BCUT2D eigenvalue weighted by atomic mass is 16.5. The second-order valence-corrected chi connectivity index (χ2v) is 4.79. The minimum absolute atomic E-state index is 0.0239. The molecule has 1 saturated heterocycles. The summed E-state index contributed by atoms with van der Waals surface area (Å²) in [6.07, 6.45) is 0.255. The molecule has 5 nitrogen and oxygen atoms in total. The average molecular weight is 277 g/mol. The van der Waals surface area contributed by atoms with E-state index in [2.05, 4.69) is 0 Å². The molecule has 0 unspecified atom stereocenters. The van der Waals surface area contributed by atoms with Gasteiger partial charge in [-0.2, -0.15) is 0 Å². The molecule has 108 valence electrons. The lowest BCUT2D eigenvalue weighted by atomic mass is 10.1. The smallest absolute Gasteiger partial charge is 0.311 e. The lowest BCUT2D eigenvalue weighted by Gasteiger charge is -2.13. The summed E-state index contributed by atoms with van der Waals surface area (Å²) in [5.41, 5.74) is 0.870. The van der Waals surface area contributed by atoms with Gasteiger partial charge >= 0.3 is 5.97 Å². The molecule has 1 fully saturated rings. The van der Waals surface area contributed by atoms with Crippen molar-refractivity contribution in [1.82, 2.24) is 4.90 Å². The van der Waals surface area contributed by atoms with Crippen molar-refractivity contribution < 1.29 is 19.1 Å². The fraction of sp³-hybridized carbons (Fsp3) is 0.467. The van der Waals surface area contributed by atoms with Crippen molar-refractivity contribution in [3.05, 3.63) is 29.8 Å². The highest BCUT2D eigenvalue weighted by Gasteiger charge is 2.34. The van der Waals surface area contributed by atoms with Gasteiger partial charge in [-0.3, -0.25) is 9.59 Å². The maximum Gasteiger partial charge on any atom is 0.311 e. The van der Waals surface area contributed by atoms with E-state index < -0.39 is 0 Å². The van der Waals surface area contributed by atoms with Gasteiger partial charge in [0, 0.05) is 19.5 Å². The molecule has 1 atom stereocenters. The molecule has 0 bridgehead atoms. The number of benzene rings is 1. The van der Waals surface area contributed by atoms with Crippen LogP contribution >= 0.6 is 0 Å². The zero-order valence-corrected chi connectivity index (χ0v) is 11.8. The van der Waals surface area contributed by atoms with Gasteiger partial charge in [-0.05, 0) is 24.6 Å². The summed E-state index contributed by atoms with van der Waals surface area (Å²) in [6.45, 7) is 3.21. The Balaban J connectivity index is 1.88. The van der Waals surface area contributed by atoms with Crippen LogP contribution in [0.25, 0.3) is 0 Å². The van der Waals surface area contributed by atoms with Crippen LogP contribution in [0.2, 0.25) is 0 Å². The molecule has 2 rings (SSSR count). The van der Waals surface area contributed by atoms with E-state index in [0.29, 0.717) is 13.1 Å². The zero-order valence-electron chi connectivity index (χ0n) is 11.8. The van der Waals surface area contributed by atoms with Crippen LogP contribution in [0.4, 0.5) is 0 Å². The SMILES string of the molecule is CCN1C[C@H](C(=O)OCc2cccc(OC)c2)CC1=O. The fourth-order valence-corrected chi connectivity index (χ4v) is 2.27. The second-order valence-electron chi connectivity index (χ2n) is 4.79.